The molecule has 3 N–H and O–H groups in total. The van der Waals surface area contributed by atoms with E-state index in [4.69, 9.17) is 5.11 Å². The Labute approximate surface area is 144 Å². The summed E-state index contributed by atoms with van der Waals surface area (Å²) in [5.74, 6) is -2.05. The fraction of sp³-hybridized carbons (Fsp3) is 0.400. The normalized spacial score (nSPS) is 11.3. The van der Waals surface area contributed by atoms with Crippen molar-refractivity contribution >= 4 is 29.2 Å². The second-order valence-electron chi connectivity index (χ2n) is 5.21. The Morgan fingerprint density at radius 1 is 1.32 bits per heavy atom. The number of nitrogens with one attached hydrogen (secondary N) is 2. The molecule has 0 bridgehead atoms. The van der Waals surface area contributed by atoms with Crippen LogP contribution in [0.4, 0.5) is 11.4 Å². The monoisotopic (exact) mass is 352 g/mol. The molecule has 0 saturated carbocycles. The first kappa shape index (κ1) is 19.9. The van der Waals surface area contributed by atoms with Crippen molar-refractivity contribution in [3.63, 3.8) is 0 Å². The Morgan fingerprint density at radius 3 is 2.52 bits per heavy atom. The summed E-state index contributed by atoms with van der Waals surface area (Å²) >= 11 is 0. The van der Waals surface area contributed by atoms with Gasteiger partial charge < -0.3 is 20.6 Å². The highest BCUT2D eigenvalue weighted by molar-refractivity contribution is 5.86. The lowest BCUT2D eigenvalue weighted by molar-refractivity contribution is -0.383. The number of benzene rings is 1. The minimum atomic E-state index is -1.19. The van der Waals surface area contributed by atoms with Gasteiger partial charge >= 0.3 is 5.97 Å². The second-order valence-corrected chi connectivity index (χ2v) is 5.21. The Kier molecular flexibility index (Phi) is 7.32. The molecule has 0 spiro atoms. The van der Waals surface area contributed by atoms with Crippen LogP contribution >= 0.6 is 0 Å². The van der Waals surface area contributed by atoms with Crippen molar-refractivity contribution in [1.29, 1.82) is 0 Å². The molecule has 0 aliphatic carbocycles. The third kappa shape index (κ3) is 6.09. The first-order chi connectivity index (χ1) is 11.7. The van der Waals surface area contributed by atoms with E-state index >= 15 is 0 Å². The fourth-order valence-corrected chi connectivity index (χ4v) is 2.07. The lowest BCUT2D eigenvalue weighted by atomic mass is 10.2. The van der Waals surface area contributed by atoms with Gasteiger partial charge in [-0.1, -0.05) is 12.1 Å². The van der Waals surface area contributed by atoms with Gasteiger partial charge in [-0.15, -0.1) is 0 Å². The molecule has 1 unspecified atom stereocenters. The number of hydrogen-bond donors (Lipinski definition) is 3. The first-order valence-electron chi connectivity index (χ1n) is 7.48. The highest BCUT2D eigenvalue weighted by Crippen LogP contribution is 2.22. The first-order valence-corrected chi connectivity index (χ1v) is 7.48. The highest BCUT2D eigenvalue weighted by atomic mass is 16.6. The van der Waals surface area contributed by atoms with Gasteiger partial charge in [0.15, 0.2) is 0 Å². The summed E-state index contributed by atoms with van der Waals surface area (Å²) < 4.78 is 0. The number of nitro benzene ring substituents is 1. The van der Waals surface area contributed by atoms with Gasteiger partial charge in [0.2, 0.25) is 11.8 Å². The number of rotatable bonds is 9. The number of nitrogens with zero attached hydrogens (tertiary/aromatic N) is 2. The lowest BCUT2D eigenvalue weighted by Crippen LogP contribution is -2.48. The second kappa shape index (κ2) is 9.21. The zero-order valence-electron chi connectivity index (χ0n) is 13.9. The van der Waals surface area contributed by atoms with Gasteiger partial charge in [-0.05, 0) is 13.0 Å². The SMILES string of the molecule is CC(=O)NCCN(C(=O)CNc1ccccc1[N+](=O)[O-])C(C)C(=O)O. The van der Waals surface area contributed by atoms with E-state index in [0.29, 0.717) is 0 Å². The van der Waals surface area contributed by atoms with Crippen LogP contribution in [-0.4, -0.2) is 58.4 Å². The van der Waals surface area contributed by atoms with Gasteiger partial charge in [0.25, 0.3) is 5.69 Å². The number of carbonyl (C=O) groups is 3. The van der Waals surface area contributed by atoms with Crippen LogP contribution in [0.5, 0.6) is 0 Å². The molecule has 1 atom stereocenters. The Morgan fingerprint density at radius 2 is 1.96 bits per heavy atom. The topological polar surface area (TPSA) is 142 Å². The predicted molar refractivity (Wildman–Crippen MR) is 89.1 cm³/mol. The summed E-state index contributed by atoms with van der Waals surface area (Å²) in [6.45, 7) is 2.44. The lowest BCUT2D eigenvalue weighted by Gasteiger charge is -2.26. The van der Waals surface area contributed by atoms with Crippen LogP contribution in [0.15, 0.2) is 24.3 Å². The number of anilines is 1. The Hall–Kier alpha value is -3.17. The van der Waals surface area contributed by atoms with Crippen LogP contribution in [0.25, 0.3) is 0 Å². The molecule has 1 rings (SSSR count). The van der Waals surface area contributed by atoms with Crippen LogP contribution in [-0.2, 0) is 14.4 Å². The smallest absolute Gasteiger partial charge is 0.326 e. The molecule has 0 aromatic heterocycles. The minimum absolute atomic E-state index is 0.00441. The van der Waals surface area contributed by atoms with Crippen molar-refractivity contribution in [3.05, 3.63) is 34.4 Å². The number of nitro groups is 1. The maximum Gasteiger partial charge on any atom is 0.326 e. The van der Waals surface area contributed by atoms with E-state index in [1.807, 2.05) is 0 Å². The maximum absolute atomic E-state index is 12.3. The number of amides is 2. The molecular formula is C15H20N4O6. The molecule has 0 radical (unpaired) electrons. The number of carboxylic acids is 1. The van der Waals surface area contributed by atoms with E-state index in [1.165, 1.54) is 32.0 Å². The molecule has 25 heavy (non-hydrogen) atoms. The van der Waals surface area contributed by atoms with Crippen molar-refractivity contribution in [1.82, 2.24) is 10.2 Å². The standard InChI is InChI=1S/C15H20N4O6/c1-10(15(22)23)18(8-7-16-11(2)20)14(21)9-17-12-5-3-4-6-13(12)19(24)25/h3-6,10,17H,7-9H2,1-2H3,(H,16,20)(H,22,23). The van der Waals surface area contributed by atoms with Crippen molar-refractivity contribution in [2.45, 2.75) is 19.9 Å². The van der Waals surface area contributed by atoms with Crippen LogP contribution in [0.3, 0.4) is 0 Å². The Balaban J connectivity index is 2.79. The molecule has 136 valence electrons. The molecule has 1 aromatic rings. The van der Waals surface area contributed by atoms with Crippen LogP contribution < -0.4 is 10.6 Å². The summed E-state index contributed by atoms with van der Waals surface area (Å²) in [6.07, 6.45) is 0. The average molecular weight is 352 g/mol. The van der Waals surface area contributed by atoms with Gasteiger partial charge in [0, 0.05) is 26.1 Å². The quantitative estimate of drug-likeness (QED) is 0.432. The zero-order valence-corrected chi connectivity index (χ0v) is 13.9. The van der Waals surface area contributed by atoms with Crippen LogP contribution in [0, 0.1) is 10.1 Å². The summed E-state index contributed by atoms with van der Waals surface area (Å²) in [7, 11) is 0. The predicted octanol–water partition coefficient (Wildman–Crippen LogP) is 0.445. The molecular weight excluding hydrogens is 332 g/mol. The van der Waals surface area contributed by atoms with E-state index in [-0.39, 0.29) is 36.9 Å². The van der Waals surface area contributed by atoms with E-state index in [1.54, 1.807) is 6.07 Å². The van der Waals surface area contributed by atoms with Crippen molar-refractivity contribution in [2.75, 3.05) is 25.0 Å². The third-order valence-corrected chi connectivity index (χ3v) is 3.40. The van der Waals surface area contributed by atoms with Crippen molar-refractivity contribution in [3.8, 4) is 0 Å². The maximum atomic E-state index is 12.3. The largest absolute Gasteiger partial charge is 0.480 e. The molecule has 2 amide bonds. The molecule has 1 aromatic carbocycles. The molecule has 0 aliphatic rings. The number of carbonyl (C=O) groups excluding carboxylic acids is 2. The number of carboxylic acid groups (broad SMARTS) is 1. The summed E-state index contributed by atoms with van der Waals surface area (Å²) in [5.41, 5.74) is -0.0305. The third-order valence-electron chi connectivity index (χ3n) is 3.40. The van der Waals surface area contributed by atoms with Crippen LogP contribution in [0.1, 0.15) is 13.8 Å². The van der Waals surface area contributed by atoms with E-state index in [9.17, 15) is 24.5 Å². The van der Waals surface area contributed by atoms with Crippen molar-refractivity contribution < 1.29 is 24.4 Å². The molecule has 10 nitrogen and oxygen atoms in total. The number of hydrogen-bond acceptors (Lipinski definition) is 6. The molecule has 0 fully saturated rings. The molecule has 0 saturated heterocycles. The molecule has 0 heterocycles. The summed E-state index contributed by atoms with van der Waals surface area (Å²) in [5, 5.41) is 25.2. The molecule has 10 heteroatoms. The summed E-state index contributed by atoms with van der Waals surface area (Å²) in [6, 6.07) is 4.72. The minimum Gasteiger partial charge on any atom is -0.480 e. The van der Waals surface area contributed by atoms with Crippen molar-refractivity contribution in [2.24, 2.45) is 0 Å². The van der Waals surface area contributed by atoms with Crippen LogP contribution in [0.2, 0.25) is 0 Å². The zero-order chi connectivity index (χ0) is 19.0. The fourth-order valence-electron chi connectivity index (χ4n) is 2.07. The van der Waals surface area contributed by atoms with Gasteiger partial charge in [-0.2, -0.15) is 0 Å². The Bertz CT molecular complexity index is 663. The summed E-state index contributed by atoms with van der Waals surface area (Å²) in [4.78, 5) is 45.9. The van der Waals surface area contributed by atoms with E-state index < -0.39 is 22.8 Å². The average Bonchev–Trinajstić information content (AvgIpc) is 2.55. The van der Waals surface area contributed by atoms with Gasteiger partial charge in [-0.25, -0.2) is 4.79 Å². The highest BCUT2D eigenvalue weighted by Gasteiger charge is 2.25. The van der Waals surface area contributed by atoms with E-state index in [2.05, 4.69) is 10.6 Å². The van der Waals surface area contributed by atoms with E-state index in [0.717, 1.165) is 4.90 Å². The molecule has 0 aliphatic heterocycles. The number of para-hydroxylation sites is 2. The number of aliphatic carboxylic acids is 1. The van der Waals surface area contributed by atoms with Gasteiger partial charge in [0.05, 0.1) is 11.5 Å². The van der Waals surface area contributed by atoms with Gasteiger partial charge in [-0.3, -0.25) is 19.7 Å². The van der Waals surface area contributed by atoms with Gasteiger partial charge in [0.1, 0.15) is 11.7 Å².